The number of hydrogen-bond donors (Lipinski definition) is 0. The van der Waals surface area contributed by atoms with E-state index in [1.54, 1.807) is 24.3 Å². The minimum Gasteiger partial charge on any atom is -0.456 e. The molecule has 0 aliphatic heterocycles. The Morgan fingerprint density at radius 2 is 1.20 bits per heavy atom. The minimum absolute atomic E-state index is 0.0700. The molecule has 0 heterocycles. The van der Waals surface area contributed by atoms with E-state index in [2.05, 4.69) is 5.16 Å². The fraction of sp³-hybridized carbons (Fsp3) is 0.250. The second-order valence-corrected chi connectivity index (χ2v) is 11.2. The zero-order valence-corrected chi connectivity index (χ0v) is 15.9. The summed E-state index contributed by atoms with van der Waals surface area (Å²) in [6.45, 7) is 6.02. The Morgan fingerprint density at radius 1 is 0.800 bits per heavy atom. The summed E-state index contributed by atoms with van der Waals surface area (Å²) in [5, 5.41) is 4.16. The maximum Gasteiger partial charge on any atom is 0.278 e. The highest BCUT2D eigenvalue weighted by Gasteiger charge is 2.19. The topological polar surface area (TPSA) is 55.7 Å². The van der Waals surface area contributed by atoms with Gasteiger partial charge in [0.05, 0.1) is 18.6 Å². The quantitative estimate of drug-likeness (QED) is 0.298. The van der Waals surface area contributed by atoms with Crippen LogP contribution in [-0.2, 0) is 4.53 Å². The molecule has 2 aromatic rings. The summed E-state index contributed by atoms with van der Waals surface area (Å²) in [5.74, 6) is -0.140. The highest BCUT2D eigenvalue weighted by Crippen LogP contribution is 2.12. The SMILES string of the molecule is C[Si](C)(C)ON=C(CC(=O)c1ccccc1)CC(=O)c1ccccc1. The molecule has 0 unspecified atom stereocenters. The number of ketones is 2. The van der Waals surface area contributed by atoms with E-state index in [9.17, 15) is 9.59 Å². The van der Waals surface area contributed by atoms with E-state index in [1.807, 2.05) is 56.0 Å². The van der Waals surface area contributed by atoms with Crippen molar-refractivity contribution in [2.24, 2.45) is 5.16 Å². The van der Waals surface area contributed by atoms with E-state index in [0.29, 0.717) is 16.8 Å². The van der Waals surface area contributed by atoms with Crippen molar-refractivity contribution in [1.29, 1.82) is 0 Å². The molecule has 0 radical (unpaired) electrons. The Morgan fingerprint density at radius 3 is 1.56 bits per heavy atom. The van der Waals surface area contributed by atoms with Gasteiger partial charge in [0.25, 0.3) is 8.32 Å². The number of carbonyl (C=O) groups is 2. The van der Waals surface area contributed by atoms with E-state index in [0.717, 1.165) is 0 Å². The Kier molecular flexibility index (Phi) is 6.42. The normalized spacial score (nSPS) is 10.8. The number of oxime groups is 1. The van der Waals surface area contributed by atoms with Crippen molar-refractivity contribution in [2.45, 2.75) is 32.5 Å². The van der Waals surface area contributed by atoms with Crippen LogP contribution in [0.15, 0.2) is 65.8 Å². The van der Waals surface area contributed by atoms with Crippen LogP contribution in [0.1, 0.15) is 33.6 Å². The van der Waals surface area contributed by atoms with Gasteiger partial charge in [-0.1, -0.05) is 60.7 Å². The van der Waals surface area contributed by atoms with Gasteiger partial charge in [-0.25, -0.2) is 0 Å². The first-order chi connectivity index (χ1) is 11.8. The van der Waals surface area contributed by atoms with Crippen molar-refractivity contribution in [1.82, 2.24) is 0 Å². The molecule has 4 nitrogen and oxygen atoms in total. The third kappa shape index (κ3) is 6.47. The third-order valence-corrected chi connectivity index (χ3v) is 4.01. The van der Waals surface area contributed by atoms with Gasteiger partial charge in [0.2, 0.25) is 0 Å². The van der Waals surface area contributed by atoms with Crippen molar-refractivity contribution in [3.05, 3.63) is 71.8 Å². The number of Topliss-reactive ketones (excluding diaryl/α,β-unsaturated/α-hetero) is 2. The highest BCUT2D eigenvalue weighted by atomic mass is 28.4. The van der Waals surface area contributed by atoms with Crippen LogP contribution in [0, 0.1) is 0 Å². The zero-order valence-electron chi connectivity index (χ0n) is 14.9. The van der Waals surface area contributed by atoms with Gasteiger partial charge in [0.15, 0.2) is 11.6 Å². The molecule has 0 aliphatic carbocycles. The molecule has 2 aromatic carbocycles. The van der Waals surface area contributed by atoms with Gasteiger partial charge >= 0.3 is 0 Å². The molecule has 0 aromatic heterocycles. The summed E-state index contributed by atoms with van der Waals surface area (Å²) >= 11 is 0. The Balaban J connectivity index is 2.15. The molecule has 0 bridgehead atoms. The molecule has 0 saturated heterocycles. The monoisotopic (exact) mass is 353 g/mol. The fourth-order valence-electron chi connectivity index (χ4n) is 2.15. The van der Waals surface area contributed by atoms with Gasteiger partial charge in [0, 0.05) is 11.1 Å². The lowest BCUT2D eigenvalue weighted by Gasteiger charge is -2.15. The average Bonchev–Trinajstić information content (AvgIpc) is 2.60. The molecule has 0 fully saturated rings. The maximum atomic E-state index is 12.5. The van der Waals surface area contributed by atoms with Crippen LogP contribution in [0.25, 0.3) is 0 Å². The molecular formula is C20H23NO3Si. The lowest BCUT2D eigenvalue weighted by Crippen LogP contribution is -2.24. The standard InChI is InChI=1S/C20H23NO3Si/c1-25(2,3)24-21-18(14-19(22)16-10-6-4-7-11-16)15-20(23)17-12-8-5-9-13-17/h4-13H,14-15H2,1-3H3. The van der Waals surface area contributed by atoms with Crippen LogP contribution in [0.3, 0.4) is 0 Å². The molecule has 0 amide bonds. The summed E-state index contributed by atoms with van der Waals surface area (Å²) in [4.78, 5) is 24.9. The highest BCUT2D eigenvalue weighted by molar-refractivity contribution is 6.69. The van der Waals surface area contributed by atoms with Gasteiger partial charge in [-0.2, -0.15) is 0 Å². The summed E-state index contributed by atoms with van der Waals surface area (Å²) in [6.07, 6.45) is 0.153. The number of rotatable bonds is 8. The van der Waals surface area contributed by atoms with Crippen molar-refractivity contribution in [3.8, 4) is 0 Å². The lowest BCUT2D eigenvalue weighted by atomic mass is 10.00. The van der Waals surface area contributed by atoms with Gasteiger partial charge in [-0.15, -0.1) is 5.16 Å². The van der Waals surface area contributed by atoms with Gasteiger partial charge < -0.3 is 4.53 Å². The summed E-state index contributed by atoms with van der Waals surface area (Å²) in [5.41, 5.74) is 1.68. The number of carbonyl (C=O) groups excluding carboxylic acids is 2. The summed E-state index contributed by atoms with van der Waals surface area (Å²) in [7, 11) is -1.89. The maximum absolute atomic E-state index is 12.5. The minimum atomic E-state index is -1.89. The first-order valence-corrected chi connectivity index (χ1v) is 11.7. The Hall–Kier alpha value is -2.53. The van der Waals surface area contributed by atoms with Crippen molar-refractivity contribution >= 4 is 25.6 Å². The van der Waals surface area contributed by atoms with Crippen LogP contribution >= 0.6 is 0 Å². The van der Waals surface area contributed by atoms with Crippen LogP contribution in [-0.4, -0.2) is 25.6 Å². The molecule has 2 rings (SSSR count). The van der Waals surface area contributed by atoms with Crippen molar-refractivity contribution in [3.63, 3.8) is 0 Å². The predicted molar refractivity (Wildman–Crippen MR) is 103 cm³/mol. The first kappa shape index (κ1) is 18.8. The zero-order chi connectivity index (χ0) is 18.3. The summed E-state index contributed by atoms with van der Waals surface area (Å²) < 4.78 is 5.59. The second-order valence-electron chi connectivity index (χ2n) is 6.79. The van der Waals surface area contributed by atoms with Crippen LogP contribution in [0.4, 0.5) is 0 Å². The molecule has 0 aliphatic rings. The van der Waals surface area contributed by atoms with E-state index in [-0.39, 0.29) is 24.4 Å². The molecule has 0 N–H and O–H groups in total. The number of nitrogens with zero attached hydrogens (tertiary/aromatic N) is 1. The largest absolute Gasteiger partial charge is 0.456 e. The van der Waals surface area contributed by atoms with E-state index in [4.69, 9.17) is 4.53 Å². The lowest BCUT2D eigenvalue weighted by molar-refractivity contribution is 0.0994. The first-order valence-electron chi connectivity index (χ1n) is 8.25. The van der Waals surface area contributed by atoms with Crippen LogP contribution < -0.4 is 0 Å². The van der Waals surface area contributed by atoms with Gasteiger partial charge in [-0.05, 0) is 19.6 Å². The summed E-state index contributed by atoms with van der Waals surface area (Å²) in [6, 6.07) is 18.0. The average molecular weight is 353 g/mol. The van der Waals surface area contributed by atoms with Crippen molar-refractivity contribution < 1.29 is 14.1 Å². The smallest absolute Gasteiger partial charge is 0.278 e. The number of benzene rings is 2. The van der Waals surface area contributed by atoms with E-state index < -0.39 is 8.32 Å². The van der Waals surface area contributed by atoms with Crippen LogP contribution in [0.2, 0.25) is 19.6 Å². The fourth-order valence-corrected chi connectivity index (χ4v) is 2.55. The second kappa shape index (κ2) is 8.53. The molecule has 5 heteroatoms. The molecule has 0 spiro atoms. The van der Waals surface area contributed by atoms with Crippen molar-refractivity contribution in [2.75, 3.05) is 0 Å². The Bertz CT molecular complexity index is 694. The molecule has 25 heavy (non-hydrogen) atoms. The molecule has 0 saturated carbocycles. The molecule has 130 valence electrons. The Labute approximate surface area is 149 Å². The van der Waals surface area contributed by atoms with E-state index >= 15 is 0 Å². The van der Waals surface area contributed by atoms with Crippen LogP contribution in [0.5, 0.6) is 0 Å². The molecular weight excluding hydrogens is 330 g/mol. The third-order valence-electron chi connectivity index (χ3n) is 3.37. The van der Waals surface area contributed by atoms with Gasteiger partial charge in [-0.3, -0.25) is 9.59 Å². The van der Waals surface area contributed by atoms with Gasteiger partial charge in [0.1, 0.15) is 0 Å². The predicted octanol–water partition coefficient (Wildman–Crippen LogP) is 4.74. The van der Waals surface area contributed by atoms with E-state index in [1.165, 1.54) is 0 Å². The number of hydrogen-bond acceptors (Lipinski definition) is 4. The molecule has 0 atom stereocenters.